The number of nitrogens with two attached hydrogens (primary N) is 1. The Balaban J connectivity index is 0.000000426. The number of pyridine rings is 2. The normalized spacial score (nSPS) is 13.5. The quantitative estimate of drug-likeness (QED) is 0.217. The highest BCUT2D eigenvalue weighted by atomic mass is 19.1. The molecule has 0 saturated carbocycles. The van der Waals surface area contributed by atoms with Gasteiger partial charge in [-0.05, 0) is 81.0 Å². The molecule has 1 aliphatic rings. The number of carbonyl (C=O) groups excluding carboxylic acids is 1. The molecule has 2 aromatic carbocycles. The van der Waals surface area contributed by atoms with Crippen LogP contribution in [0.25, 0.3) is 33.1 Å². The fraction of sp³-hybridized carbons (Fsp3) is 0.343. The fourth-order valence-corrected chi connectivity index (χ4v) is 5.64. The van der Waals surface area contributed by atoms with Crippen LogP contribution in [0, 0.1) is 5.82 Å². The maximum Gasteiger partial charge on any atom is 0.405 e. The van der Waals surface area contributed by atoms with Crippen LogP contribution >= 0.6 is 0 Å². The second kappa shape index (κ2) is 13.4. The minimum Gasteiger partial charge on any atom is -0.444 e. The number of piperidine rings is 1. The Hall–Kier alpha value is -4.50. The van der Waals surface area contributed by atoms with E-state index >= 15 is 4.39 Å². The van der Waals surface area contributed by atoms with Crippen LogP contribution in [0.15, 0.2) is 73.2 Å². The summed E-state index contributed by atoms with van der Waals surface area (Å²) in [6, 6.07) is 18.3. The number of rotatable bonds is 6. The van der Waals surface area contributed by atoms with E-state index in [-0.39, 0.29) is 5.82 Å². The summed E-state index contributed by atoms with van der Waals surface area (Å²) in [5.74, 6) is -0.285. The van der Waals surface area contributed by atoms with Crippen molar-refractivity contribution < 1.29 is 13.9 Å². The van der Waals surface area contributed by atoms with Crippen molar-refractivity contribution in [3.8, 4) is 11.1 Å². The number of hydrogen-bond donors (Lipinski definition) is 2. The molecule has 9 heteroatoms. The molecule has 8 nitrogen and oxygen atoms in total. The van der Waals surface area contributed by atoms with E-state index in [1.54, 1.807) is 33.0 Å². The standard InChI is InChI=1S/C30H30FN5.C5H11NO2/c1-35-20-26(24-14-22(19-34-30(24)35)18-32-17-21-8-4-2-5-9-21)23-15-25-28(36-12-6-3-7-13-36)10-11-33-29(25)27(31)16-23;1-5(2,3)8-4(6)7/h2,4-5,8-11,14-16,19-20,32H,3,6-7,12-13,17-18H2,1H3;1-3H3,(H2,6,7). The Labute approximate surface area is 258 Å². The Kier molecular flexibility index (Phi) is 9.44. The van der Waals surface area contributed by atoms with Crippen LogP contribution in [0.1, 0.15) is 51.2 Å². The van der Waals surface area contributed by atoms with Crippen LogP contribution in [0.5, 0.6) is 0 Å². The summed E-state index contributed by atoms with van der Waals surface area (Å²) >= 11 is 0. The highest BCUT2D eigenvalue weighted by molar-refractivity contribution is 6.00. The fourth-order valence-electron chi connectivity index (χ4n) is 5.64. The zero-order chi connectivity index (χ0) is 31.3. The molecule has 1 saturated heterocycles. The van der Waals surface area contributed by atoms with Gasteiger partial charge in [-0.25, -0.2) is 14.2 Å². The van der Waals surface area contributed by atoms with Crippen molar-refractivity contribution >= 4 is 33.7 Å². The predicted molar refractivity (Wildman–Crippen MR) is 175 cm³/mol. The first-order chi connectivity index (χ1) is 21.1. The number of benzene rings is 2. The number of nitrogens with zero attached hydrogens (tertiary/aromatic N) is 4. The minimum absolute atomic E-state index is 0.285. The second-order valence-corrected chi connectivity index (χ2v) is 12.2. The van der Waals surface area contributed by atoms with Crippen molar-refractivity contribution in [2.45, 2.75) is 58.7 Å². The molecule has 4 heterocycles. The molecule has 0 atom stereocenters. The molecule has 0 unspecified atom stereocenters. The zero-order valence-corrected chi connectivity index (χ0v) is 25.9. The minimum atomic E-state index is -0.725. The van der Waals surface area contributed by atoms with Crippen molar-refractivity contribution in [3.05, 3.63) is 90.1 Å². The SMILES string of the molecule is CC(C)(C)OC(N)=O.Cn1cc(-c2cc(F)c3nccc(N4CCCCC4)c3c2)c2cc(CNCc3ccccc3)cnc21. The van der Waals surface area contributed by atoms with Gasteiger partial charge in [-0.2, -0.15) is 0 Å². The van der Waals surface area contributed by atoms with Gasteiger partial charge in [0.05, 0.1) is 0 Å². The maximum absolute atomic E-state index is 15.4. The highest BCUT2D eigenvalue weighted by Gasteiger charge is 2.19. The first-order valence-corrected chi connectivity index (χ1v) is 15.1. The number of primary amides is 1. The molecule has 5 aromatic rings. The summed E-state index contributed by atoms with van der Waals surface area (Å²) < 4.78 is 22.0. The van der Waals surface area contributed by atoms with E-state index in [4.69, 9.17) is 10.7 Å². The largest absolute Gasteiger partial charge is 0.444 e. The molecule has 1 amide bonds. The number of amides is 1. The first-order valence-electron chi connectivity index (χ1n) is 15.1. The van der Waals surface area contributed by atoms with E-state index in [9.17, 15) is 4.79 Å². The Morgan fingerprint density at radius 3 is 2.39 bits per heavy atom. The van der Waals surface area contributed by atoms with Crippen LogP contribution in [0.4, 0.5) is 14.9 Å². The summed E-state index contributed by atoms with van der Waals surface area (Å²) in [5, 5.41) is 5.41. The van der Waals surface area contributed by atoms with Gasteiger partial charge in [0.25, 0.3) is 0 Å². The first kappa shape index (κ1) is 30.9. The Bertz CT molecular complexity index is 1740. The topological polar surface area (TPSA) is 98.3 Å². The third-order valence-electron chi connectivity index (χ3n) is 7.56. The van der Waals surface area contributed by atoms with E-state index in [2.05, 4.69) is 62.5 Å². The van der Waals surface area contributed by atoms with Gasteiger partial charge in [0, 0.05) is 73.8 Å². The predicted octanol–water partition coefficient (Wildman–Crippen LogP) is 7.09. The number of nitrogens with one attached hydrogen (secondary N) is 1. The number of carbonyl (C=O) groups is 1. The third-order valence-corrected chi connectivity index (χ3v) is 7.56. The maximum atomic E-state index is 15.4. The van der Waals surface area contributed by atoms with Gasteiger partial charge in [0.1, 0.15) is 22.6 Å². The van der Waals surface area contributed by atoms with Gasteiger partial charge in [-0.3, -0.25) is 4.98 Å². The van der Waals surface area contributed by atoms with E-state index in [0.717, 1.165) is 58.4 Å². The van der Waals surface area contributed by atoms with Crippen LogP contribution in [0.3, 0.4) is 0 Å². The highest BCUT2D eigenvalue weighted by Crippen LogP contribution is 2.36. The molecule has 230 valence electrons. The van der Waals surface area contributed by atoms with Crippen molar-refractivity contribution in [2.24, 2.45) is 12.8 Å². The number of anilines is 1. The smallest absolute Gasteiger partial charge is 0.405 e. The van der Waals surface area contributed by atoms with Gasteiger partial charge in [-0.15, -0.1) is 0 Å². The lowest BCUT2D eigenvalue weighted by atomic mass is 10.0. The third kappa shape index (κ3) is 7.52. The lowest BCUT2D eigenvalue weighted by molar-refractivity contribution is 0.0600. The van der Waals surface area contributed by atoms with Gasteiger partial charge in [-0.1, -0.05) is 30.3 Å². The second-order valence-electron chi connectivity index (χ2n) is 12.2. The molecular formula is C35H41FN6O2. The zero-order valence-electron chi connectivity index (χ0n) is 25.9. The molecule has 0 radical (unpaired) electrons. The molecule has 3 aromatic heterocycles. The summed E-state index contributed by atoms with van der Waals surface area (Å²) in [6.07, 6.45) is 8.57. The summed E-state index contributed by atoms with van der Waals surface area (Å²) in [4.78, 5) is 21.5. The molecule has 1 aliphatic heterocycles. The molecule has 3 N–H and O–H groups in total. The Morgan fingerprint density at radius 1 is 0.977 bits per heavy atom. The molecule has 0 spiro atoms. The Morgan fingerprint density at radius 2 is 1.70 bits per heavy atom. The van der Waals surface area contributed by atoms with Crippen molar-refractivity contribution in [1.29, 1.82) is 0 Å². The molecule has 1 fully saturated rings. The van der Waals surface area contributed by atoms with Gasteiger partial charge in [0.2, 0.25) is 0 Å². The van der Waals surface area contributed by atoms with Crippen LogP contribution < -0.4 is 16.0 Å². The van der Waals surface area contributed by atoms with Crippen molar-refractivity contribution in [2.75, 3.05) is 18.0 Å². The number of fused-ring (bicyclic) bond motifs is 2. The van der Waals surface area contributed by atoms with Gasteiger partial charge in [0.15, 0.2) is 0 Å². The number of aromatic nitrogens is 3. The van der Waals surface area contributed by atoms with Crippen LogP contribution in [-0.4, -0.2) is 39.3 Å². The summed E-state index contributed by atoms with van der Waals surface area (Å²) in [6.45, 7) is 8.79. The summed E-state index contributed by atoms with van der Waals surface area (Å²) in [5.41, 5.74) is 10.9. The van der Waals surface area contributed by atoms with E-state index < -0.39 is 11.7 Å². The lowest BCUT2D eigenvalue weighted by Gasteiger charge is -2.29. The lowest BCUT2D eigenvalue weighted by Crippen LogP contribution is -2.29. The van der Waals surface area contributed by atoms with Crippen LogP contribution in [0.2, 0.25) is 0 Å². The van der Waals surface area contributed by atoms with E-state index in [0.29, 0.717) is 12.1 Å². The molecule has 6 rings (SSSR count). The monoisotopic (exact) mass is 596 g/mol. The van der Waals surface area contributed by atoms with Crippen molar-refractivity contribution in [1.82, 2.24) is 19.9 Å². The van der Waals surface area contributed by atoms with E-state index in [1.807, 2.05) is 29.9 Å². The molecular weight excluding hydrogens is 555 g/mol. The molecule has 44 heavy (non-hydrogen) atoms. The number of ether oxygens (including phenoxy) is 1. The average molecular weight is 597 g/mol. The van der Waals surface area contributed by atoms with Crippen molar-refractivity contribution in [3.63, 3.8) is 0 Å². The van der Waals surface area contributed by atoms with Gasteiger partial charge < -0.3 is 25.3 Å². The number of aryl methyl sites for hydroxylation is 1. The number of hydrogen-bond acceptors (Lipinski definition) is 6. The van der Waals surface area contributed by atoms with Crippen LogP contribution in [-0.2, 0) is 24.9 Å². The summed E-state index contributed by atoms with van der Waals surface area (Å²) in [7, 11) is 1.99. The number of halogens is 1. The van der Waals surface area contributed by atoms with E-state index in [1.165, 1.54) is 24.8 Å². The van der Waals surface area contributed by atoms with Gasteiger partial charge >= 0.3 is 6.09 Å². The molecule has 0 bridgehead atoms. The average Bonchev–Trinajstić information content (AvgIpc) is 3.32. The molecule has 0 aliphatic carbocycles.